The van der Waals surface area contributed by atoms with Crippen LogP contribution in [0.15, 0.2) is 28.9 Å². The van der Waals surface area contributed by atoms with Crippen LogP contribution in [0.1, 0.15) is 21.5 Å². The third-order valence-corrected chi connectivity index (χ3v) is 2.44. The van der Waals surface area contributed by atoms with Crippen LogP contribution in [0.3, 0.4) is 0 Å². The first-order chi connectivity index (χ1) is 7.59. The molecule has 4 heteroatoms. The van der Waals surface area contributed by atoms with E-state index >= 15 is 0 Å². The molecule has 0 aliphatic carbocycles. The average molecular weight is 217 g/mol. The second kappa shape index (κ2) is 3.81. The quantitative estimate of drug-likeness (QED) is 0.839. The van der Waals surface area contributed by atoms with Crippen LogP contribution in [-0.4, -0.2) is 16.2 Å². The van der Waals surface area contributed by atoms with E-state index in [9.17, 15) is 4.79 Å². The Morgan fingerprint density at radius 2 is 2.12 bits per heavy atom. The molecule has 1 heterocycles. The van der Waals surface area contributed by atoms with Crippen LogP contribution in [-0.2, 0) is 0 Å². The Morgan fingerprint density at radius 1 is 1.38 bits per heavy atom. The molecule has 0 amide bonds. The molecule has 0 radical (unpaired) electrons. The highest BCUT2D eigenvalue weighted by Crippen LogP contribution is 2.27. The summed E-state index contributed by atoms with van der Waals surface area (Å²) in [5.74, 6) is -0.717. The molecule has 0 bridgehead atoms. The van der Waals surface area contributed by atoms with Crippen molar-refractivity contribution >= 4 is 5.97 Å². The summed E-state index contributed by atoms with van der Waals surface area (Å²) in [7, 11) is 0. The molecule has 0 atom stereocenters. The first-order valence-corrected chi connectivity index (χ1v) is 4.85. The number of benzene rings is 1. The average Bonchev–Trinajstić information content (AvgIpc) is 2.70. The second-order valence-corrected chi connectivity index (χ2v) is 3.69. The Kier molecular flexibility index (Phi) is 2.48. The van der Waals surface area contributed by atoms with E-state index in [1.165, 1.54) is 6.20 Å². The molecular weight excluding hydrogens is 206 g/mol. The minimum atomic E-state index is -1.03. The molecule has 4 nitrogen and oxygen atoms in total. The summed E-state index contributed by atoms with van der Waals surface area (Å²) in [4.78, 5) is 11.0. The zero-order chi connectivity index (χ0) is 11.7. The van der Waals surface area contributed by atoms with Gasteiger partial charge in [-0.25, -0.2) is 4.79 Å². The molecule has 1 N–H and O–H groups in total. The van der Waals surface area contributed by atoms with E-state index in [1.54, 1.807) is 0 Å². The molecule has 16 heavy (non-hydrogen) atoms. The lowest BCUT2D eigenvalue weighted by Crippen LogP contribution is -1.97. The van der Waals surface area contributed by atoms with E-state index in [-0.39, 0.29) is 5.56 Å². The molecule has 0 aliphatic heterocycles. The highest BCUT2D eigenvalue weighted by atomic mass is 16.5. The van der Waals surface area contributed by atoms with Crippen molar-refractivity contribution in [1.29, 1.82) is 0 Å². The van der Waals surface area contributed by atoms with Gasteiger partial charge in [-0.1, -0.05) is 22.9 Å². The van der Waals surface area contributed by atoms with Gasteiger partial charge in [0.15, 0.2) is 5.76 Å². The van der Waals surface area contributed by atoms with Crippen LogP contribution < -0.4 is 0 Å². The maximum absolute atomic E-state index is 11.0. The van der Waals surface area contributed by atoms with Gasteiger partial charge in [0.25, 0.3) is 0 Å². The molecular formula is C12H11NO3. The van der Waals surface area contributed by atoms with Gasteiger partial charge in [-0.2, -0.15) is 0 Å². The lowest BCUT2D eigenvalue weighted by molar-refractivity contribution is 0.0697. The van der Waals surface area contributed by atoms with Crippen LogP contribution in [0.5, 0.6) is 0 Å². The smallest absolute Gasteiger partial charge is 0.341 e. The molecule has 0 saturated heterocycles. The number of hydrogen-bond acceptors (Lipinski definition) is 3. The SMILES string of the molecule is Cc1ccc(C)c(-c2oncc2C(=O)O)c1. The molecule has 0 fully saturated rings. The molecule has 2 rings (SSSR count). The van der Waals surface area contributed by atoms with Crippen LogP contribution in [0.2, 0.25) is 0 Å². The number of aryl methyl sites for hydroxylation is 2. The molecule has 2 aromatic rings. The first kappa shape index (κ1) is 10.4. The zero-order valence-corrected chi connectivity index (χ0v) is 9.02. The van der Waals surface area contributed by atoms with Crippen molar-refractivity contribution in [3.05, 3.63) is 41.1 Å². The van der Waals surface area contributed by atoms with Crippen molar-refractivity contribution in [3.8, 4) is 11.3 Å². The van der Waals surface area contributed by atoms with Crippen molar-refractivity contribution in [2.45, 2.75) is 13.8 Å². The van der Waals surface area contributed by atoms with Crippen molar-refractivity contribution in [2.75, 3.05) is 0 Å². The van der Waals surface area contributed by atoms with Gasteiger partial charge in [0.1, 0.15) is 5.56 Å². The van der Waals surface area contributed by atoms with Crippen molar-refractivity contribution in [2.24, 2.45) is 0 Å². The second-order valence-electron chi connectivity index (χ2n) is 3.69. The fraction of sp³-hybridized carbons (Fsp3) is 0.167. The van der Waals surface area contributed by atoms with Crippen LogP contribution in [0.4, 0.5) is 0 Å². The maximum Gasteiger partial charge on any atom is 0.341 e. The number of nitrogens with zero attached hydrogens (tertiary/aromatic N) is 1. The Morgan fingerprint density at radius 3 is 2.81 bits per heavy atom. The Balaban J connectivity index is 2.62. The van der Waals surface area contributed by atoms with E-state index in [4.69, 9.17) is 9.63 Å². The molecule has 0 unspecified atom stereocenters. The van der Waals surface area contributed by atoms with Gasteiger partial charge in [-0.15, -0.1) is 0 Å². The summed E-state index contributed by atoms with van der Waals surface area (Å²) in [6.07, 6.45) is 1.22. The predicted molar refractivity (Wildman–Crippen MR) is 58.4 cm³/mol. The number of carbonyl (C=O) groups is 1. The number of carboxylic acids is 1. The third kappa shape index (κ3) is 1.69. The van der Waals surface area contributed by atoms with Crippen LogP contribution in [0.25, 0.3) is 11.3 Å². The van der Waals surface area contributed by atoms with Gasteiger partial charge in [0, 0.05) is 5.56 Å². The van der Waals surface area contributed by atoms with Gasteiger partial charge >= 0.3 is 5.97 Å². The van der Waals surface area contributed by atoms with E-state index in [0.717, 1.165) is 16.7 Å². The molecule has 0 saturated carbocycles. The van der Waals surface area contributed by atoms with E-state index in [1.807, 2.05) is 32.0 Å². The maximum atomic E-state index is 11.0. The predicted octanol–water partition coefficient (Wildman–Crippen LogP) is 2.66. The summed E-state index contributed by atoms with van der Waals surface area (Å²) in [6, 6.07) is 5.79. The van der Waals surface area contributed by atoms with E-state index in [2.05, 4.69) is 5.16 Å². The number of aromatic carboxylic acids is 1. The summed E-state index contributed by atoms with van der Waals surface area (Å²) in [5, 5.41) is 12.5. The van der Waals surface area contributed by atoms with Crippen molar-refractivity contribution in [1.82, 2.24) is 5.16 Å². The van der Waals surface area contributed by atoms with Gasteiger partial charge in [-0.05, 0) is 25.5 Å². The Labute approximate surface area is 92.5 Å². The lowest BCUT2D eigenvalue weighted by atomic mass is 10.0. The highest BCUT2D eigenvalue weighted by Gasteiger charge is 2.18. The fourth-order valence-corrected chi connectivity index (χ4v) is 1.57. The molecule has 1 aromatic heterocycles. The number of rotatable bonds is 2. The minimum absolute atomic E-state index is 0.0914. The molecule has 0 spiro atoms. The van der Waals surface area contributed by atoms with Gasteiger partial charge < -0.3 is 9.63 Å². The Bertz CT molecular complexity index is 543. The zero-order valence-electron chi connectivity index (χ0n) is 9.02. The van der Waals surface area contributed by atoms with Crippen LogP contribution >= 0.6 is 0 Å². The molecule has 1 aromatic carbocycles. The van der Waals surface area contributed by atoms with Crippen molar-refractivity contribution < 1.29 is 14.4 Å². The number of carboxylic acid groups (broad SMARTS) is 1. The van der Waals surface area contributed by atoms with Gasteiger partial charge in [0.05, 0.1) is 6.20 Å². The monoisotopic (exact) mass is 217 g/mol. The third-order valence-electron chi connectivity index (χ3n) is 2.44. The topological polar surface area (TPSA) is 63.3 Å². The minimum Gasteiger partial charge on any atom is -0.477 e. The largest absolute Gasteiger partial charge is 0.477 e. The van der Waals surface area contributed by atoms with Crippen molar-refractivity contribution in [3.63, 3.8) is 0 Å². The highest BCUT2D eigenvalue weighted by molar-refractivity contribution is 5.94. The van der Waals surface area contributed by atoms with E-state index < -0.39 is 5.97 Å². The molecule has 82 valence electrons. The van der Waals surface area contributed by atoms with E-state index in [0.29, 0.717) is 5.76 Å². The van der Waals surface area contributed by atoms with Crippen LogP contribution in [0, 0.1) is 13.8 Å². The number of hydrogen-bond donors (Lipinski definition) is 1. The summed E-state index contributed by atoms with van der Waals surface area (Å²) < 4.78 is 5.02. The molecule has 0 aliphatic rings. The van der Waals surface area contributed by atoms with Gasteiger partial charge in [0.2, 0.25) is 0 Å². The Hall–Kier alpha value is -2.10. The summed E-state index contributed by atoms with van der Waals surface area (Å²) >= 11 is 0. The lowest BCUT2D eigenvalue weighted by Gasteiger charge is -2.04. The summed E-state index contributed by atoms with van der Waals surface area (Å²) in [6.45, 7) is 3.85. The van der Waals surface area contributed by atoms with Gasteiger partial charge in [-0.3, -0.25) is 0 Å². The fourth-order valence-electron chi connectivity index (χ4n) is 1.57. The summed E-state index contributed by atoms with van der Waals surface area (Å²) in [5.41, 5.74) is 2.88. The first-order valence-electron chi connectivity index (χ1n) is 4.85. The standard InChI is InChI=1S/C12H11NO3/c1-7-3-4-8(2)9(5-7)11-10(12(14)15)6-13-16-11/h3-6H,1-2H3,(H,14,15). The number of aromatic nitrogens is 1. The normalized spacial score (nSPS) is 10.4.